The fourth-order valence-electron chi connectivity index (χ4n) is 2.40. The summed E-state index contributed by atoms with van der Waals surface area (Å²) < 4.78 is 0. The number of aliphatic hydroxyl groups excluding tert-OH is 1. The van der Waals surface area contributed by atoms with Crippen LogP contribution in [0.25, 0.3) is 0 Å². The van der Waals surface area contributed by atoms with Gasteiger partial charge in [0.25, 0.3) is 5.91 Å². The van der Waals surface area contributed by atoms with Gasteiger partial charge >= 0.3 is 0 Å². The first-order chi connectivity index (χ1) is 8.63. The van der Waals surface area contributed by atoms with Gasteiger partial charge in [0.2, 0.25) is 0 Å². The van der Waals surface area contributed by atoms with Gasteiger partial charge in [-0.3, -0.25) is 4.79 Å². The Kier molecular flexibility index (Phi) is 4.40. The number of amides is 1. The van der Waals surface area contributed by atoms with E-state index < -0.39 is 0 Å². The minimum Gasteiger partial charge on any atom is -0.394 e. The van der Waals surface area contributed by atoms with Crippen molar-refractivity contribution in [3.05, 3.63) is 21.4 Å². The highest BCUT2D eigenvalue weighted by Gasteiger charge is 2.22. The molecule has 18 heavy (non-hydrogen) atoms. The maximum absolute atomic E-state index is 12.0. The molecule has 1 aromatic rings. The van der Waals surface area contributed by atoms with E-state index in [1.54, 1.807) is 18.3 Å². The number of aliphatic hydroxyl groups is 1. The van der Waals surface area contributed by atoms with Crippen molar-refractivity contribution in [2.24, 2.45) is 5.92 Å². The number of hydrogen-bond donors (Lipinski definition) is 2. The smallest absolute Gasteiger partial charge is 0.261 e. The lowest BCUT2D eigenvalue weighted by Crippen LogP contribution is -2.34. The Hall–Kier alpha value is -0.870. The van der Waals surface area contributed by atoms with Crippen molar-refractivity contribution in [3.63, 3.8) is 0 Å². The van der Waals surface area contributed by atoms with Crippen LogP contribution in [-0.4, -0.2) is 23.7 Å². The average Bonchev–Trinajstić information content (AvgIpc) is 2.81. The van der Waals surface area contributed by atoms with Gasteiger partial charge in [-0.15, -0.1) is 11.3 Å². The molecule has 0 aromatic carbocycles. The van der Waals surface area contributed by atoms with Gasteiger partial charge in [0, 0.05) is 10.9 Å². The van der Waals surface area contributed by atoms with E-state index >= 15 is 0 Å². The molecule has 1 aliphatic rings. The fraction of sp³-hybridized carbons (Fsp3) is 0.643. The summed E-state index contributed by atoms with van der Waals surface area (Å²) in [5.74, 6) is 0.725. The molecule has 0 spiro atoms. The molecule has 0 saturated carbocycles. The largest absolute Gasteiger partial charge is 0.394 e. The zero-order valence-electron chi connectivity index (χ0n) is 11.0. The molecular weight excluding hydrogens is 246 g/mol. The van der Waals surface area contributed by atoms with E-state index in [1.165, 1.54) is 23.3 Å². The summed E-state index contributed by atoms with van der Waals surface area (Å²) in [6.45, 7) is 4.02. The van der Waals surface area contributed by atoms with E-state index in [0.29, 0.717) is 0 Å². The first-order valence-electron chi connectivity index (χ1n) is 6.67. The maximum Gasteiger partial charge on any atom is 0.261 e. The van der Waals surface area contributed by atoms with E-state index in [-0.39, 0.29) is 18.6 Å². The van der Waals surface area contributed by atoms with E-state index in [0.717, 1.165) is 23.6 Å². The third kappa shape index (κ3) is 2.93. The van der Waals surface area contributed by atoms with Crippen LogP contribution in [0.15, 0.2) is 6.07 Å². The van der Waals surface area contributed by atoms with Gasteiger partial charge in [-0.25, -0.2) is 0 Å². The number of fused-ring (bicyclic) bond motifs is 1. The van der Waals surface area contributed by atoms with Crippen LogP contribution in [-0.2, 0) is 12.8 Å². The van der Waals surface area contributed by atoms with Gasteiger partial charge in [-0.1, -0.05) is 13.3 Å². The van der Waals surface area contributed by atoms with Crippen molar-refractivity contribution >= 4 is 17.2 Å². The fourth-order valence-corrected chi connectivity index (χ4v) is 3.51. The molecule has 2 N–H and O–H groups in total. The molecule has 2 atom stereocenters. The summed E-state index contributed by atoms with van der Waals surface area (Å²) in [5, 5.41) is 11.7. The van der Waals surface area contributed by atoms with E-state index in [2.05, 4.69) is 12.2 Å². The van der Waals surface area contributed by atoms with Crippen molar-refractivity contribution in [1.29, 1.82) is 0 Å². The van der Waals surface area contributed by atoms with Gasteiger partial charge in [-0.05, 0) is 43.7 Å². The van der Waals surface area contributed by atoms with Crippen LogP contribution in [0.4, 0.5) is 0 Å². The Morgan fingerprint density at radius 3 is 3.11 bits per heavy atom. The van der Waals surface area contributed by atoms with E-state index in [4.69, 9.17) is 5.11 Å². The Labute approximate surface area is 112 Å². The molecule has 0 fully saturated rings. The zero-order chi connectivity index (χ0) is 13.1. The quantitative estimate of drug-likeness (QED) is 0.880. The third-order valence-corrected chi connectivity index (χ3v) is 4.87. The Morgan fingerprint density at radius 1 is 1.67 bits per heavy atom. The summed E-state index contributed by atoms with van der Waals surface area (Å²) in [7, 11) is 0. The lowest BCUT2D eigenvalue weighted by Gasteiger charge is -2.19. The second-order valence-corrected chi connectivity index (χ2v) is 6.27. The second-order valence-electron chi connectivity index (χ2n) is 5.13. The first kappa shape index (κ1) is 13.6. The average molecular weight is 267 g/mol. The highest BCUT2D eigenvalue weighted by Crippen LogP contribution is 2.33. The van der Waals surface area contributed by atoms with Crippen LogP contribution < -0.4 is 5.32 Å². The van der Waals surface area contributed by atoms with Gasteiger partial charge in [0.1, 0.15) is 0 Å². The van der Waals surface area contributed by atoms with Crippen LogP contribution >= 0.6 is 11.3 Å². The molecular formula is C14H21NO2S. The molecule has 0 radical (unpaired) electrons. The molecule has 1 aromatic heterocycles. The second kappa shape index (κ2) is 5.85. The molecule has 1 aliphatic carbocycles. The number of rotatable bonds is 4. The van der Waals surface area contributed by atoms with Crippen molar-refractivity contribution in [1.82, 2.24) is 5.32 Å². The minimum absolute atomic E-state index is 0.0191. The van der Waals surface area contributed by atoms with E-state index in [9.17, 15) is 4.79 Å². The molecule has 4 heteroatoms. The summed E-state index contributed by atoms with van der Waals surface area (Å²) >= 11 is 1.61. The minimum atomic E-state index is -0.181. The van der Waals surface area contributed by atoms with Crippen LogP contribution in [0, 0.1) is 5.92 Å². The van der Waals surface area contributed by atoms with Crippen molar-refractivity contribution in [2.75, 3.05) is 6.61 Å². The normalized spacial score (nSPS) is 20.3. The Bertz CT molecular complexity index is 427. The maximum atomic E-state index is 12.0. The molecule has 1 unspecified atom stereocenters. The van der Waals surface area contributed by atoms with Crippen molar-refractivity contribution in [3.8, 4) is 0 Å². The topological polar surface area (TPSA) is 49.3 Å². The third-order valence-electron chi connectivity index (χ3n) is 3.64. The monoisotopic (exact) mass is 267 g/mol. The van der Waals surface area contributed by atoms with Crippen LogP contribution in [0.3, 0.4) is 0 Å². The first-order valence-corrected chi connectivity index (χ1v) is 7.49. The number of thiophene rings is 1. The number of nitrogens with one attached hydrogen (secondary N) is 1. The standard InChI is InChI=1S/C14H21NO2S/c1-3-10-4-5-12-11(6-10)7-13(18-12)14(17)15-9(2)8-16/h7,9-10,16H,3-6,8H2,1-2H3,(H,15,17)/t9-,10?/m0/s1. The van der Waals surface area contributed by atoms with E-state index in [1.807, 2.05) is 6.07 Å². The Morgan fingerprint density at radius 2 is 2.44 bits per heavy atom. The van der Waals surface area contributed by atoms with Gasteiger partial charge in [-0.2, -0.15) is 0 Å². The highest BCUT2D eigenvalue weighted by atomic mass is 32.1. The molecule has 0 aliphatic heterocycles. The molecule has 3 nitrogen and oxygen atoms in total. The van der Waals surface area contributed by atoms with Crippen LogP contribution in [0.5, 0.6) is 0 Å². The Balaban J connectivity index is 2.08. The lowest BCUT2D eigenvalue weighted by molar-refractivity contribution is 0.0926. The predicted molar refractivity (Wildman–Crippen MR) is 74.1 cm³/mol. The number of hydrogen-bond acceptors (Lipinski definition) is 3. The molecule has 1 heterocycles. The lowest BCUT2D eigenvalue weighted by atomic mass is 9.87. The molecule has 100 valence electrons. The SMILES string of the molecule is CCC1CCc2sc(C(=O)N[C@@H](C)CO)cc2C1. The summed E-state index contributed by atoms with van der Waals surface area (Å²) in [6, 6.07) is 1.86. The highest BCUT2D eigenvalue weighted by molar-refractivity contribution is 7.14. The molecule has 0 bridgehead atoms. The van der Waals surface area contributed by atoms with Gasteiger partial charge in [0.15, 0.2) is 0 Å². The van der Waals surface area contributed by atoms with Gasteiger partial charge < -0.3 is 10.4 Å². The number of carbonyl (C=O) groups excluding carboxylic acids is 1. The predicted octanol–water partition coefficient (Wildman–Crippen LogP) is 2.37. The summed E-state index contributed by atoms with van der Waals surface area (Å²) in [5.41, 5.74) is 1.36. The number of carbonyl (C=O) groups is 1. The van der Waals surface area contributed by atoms with Crippen LogP contribution in [0.1, 0.15) is 46.8 Å². The zero-order valence-corrected chi connectivity index (χ0v) is 11.8. The molecule has 2 rings (SSSR count). The van der Waals surface area contributed by atoms with Crippen molar-refractivity contribution in [2.45, 2.75) is 45.6 Å². The van der Waals surface area contributed by atoms with Gasteiger partial charge in [0.05, 0.1) is 11.5 Å². The summed E-state index contributed by atoms with van der Waals surface area (Å²) in [4.78, 5) is 14.1. The number of aryl methyl sites for hydroxylation is 1. The van der Waals surface area contributed by atoms with Crippen LogP contribution in [0.2, 0.25) is 0 Å². The molecule has 1 amide bonds. The van der Waals surface area contributed by atoms with Crippen molar-refractivity contribution < 1.29 is 9.90 Å². The molecule has 0 saturated heterocycles. The summed E-state index contributed by atoms with van der Waals surface area (Å²) in [6.07, 6.45) is 4.70.